The fourth-order valence-electron chi connectivity index (χ4n) is 12.5. The topological polar surface area (TPSA) is 106 Å². The number of hydrogen-bond donors (Lipinski definition) is 0. The van der Waals surface area contributed by atoms with E-state index in [1.54, 1.807) is 0 Å². The second-order valence-electron chi connectivity index (χ2n) is 20.2. The Morgan fingerprint density at radius 3 is 1.04 bits per heavy atom. The summed E-state index contributed by atoms with van der Waals surface area (Å²) in [4.78, 5) is 15.4. The van der Waals surface area contributed by atoms with E-state index in [4.69, 9.17) is 15.0 Å². The Morgan fingerprint density at radius 2 is 0.625 bits per heavy atom. The van der Waals surface area contributed by atoms with Gasteiger partial charge in [0.25, 0.3) is 0 Å². The summed E-state index contributed by atoms with van der Waals surface area (Å²) >= 11 is 0. The maximum atomic E-state index is 11.2. The average Bonchev–Trinajstić information content (AvgIpc) is 4.39. The van der Waals surface area contributed by atoms with E-state index in [0.717, 1.165) is 116 Å². The van der Waals surface area contributed by atoms with E-state index in [2.05, 4.69) is 200 Å². The van der Waals surface area contributed by atoms with Crippen molar-refractivity contribution < 1.29 is 0 Å². The number of fused-ring (bicyclic) bond motifs is 14. The number of nitrogens with zero attached hydrogens (tertiary/aromatic N) is 9. The second-order valence-corrected chi connectivity index (χ2v) is 20.2. The molecule has 370 valence electrons. The van der Waals surface area contributed by atoms with Gasteiger partial charge in [0.2, 0.25) is 0 Å². The number of nitriles is 2. The molecular weight excluding hydrogens is 979 g/mol. The lowest BCUT2D eigenvalue weighted by Crippen LogP contribution is -2.03. The molecule has 5 heterocycles. The number of benzene rings is 11. The van der Waals surface area contributed by atoms with Gasteiger partial charge in [-0.15, -0.1) is 0 Å². The molecule has 0 amide bonds. The Kier molecular flexibility index (Phi) is 9.86. The van der Waals surface area contributed by atoms with E-state index in [0.29, 0.717) is 39.7 Å². The summed E-state index contributed by atoms with van der Waals surface area (Å²) in [5.74, 6) is 1.26. The van der Waals surface area contributed by atoms with Gasteiger partial charge in [-0.3, -0.25) is 0 Å². The third-order valence-corrected chi connectivity index (χ3v) is 15.9. The van der Waals surface area contributed by atoms with Crippen LogP contribution in [0.1, 0.15) is 11.1 Å². The first-order valence-corrected chi connectivity index (χ1v) is 26.6. The van der Waals surface area contributed by atoms with E-state index >= 15 is 0 Å². The molecule has 0 aliphatic heterocycles. The highest BCUT2D eigenvalue weighted by Crippen LogP contribution is 2.45. The lowest BCUT2D eigenvalue weighted by molar-refractivity contribution is 1.07. The van der Waals surface area contributed by atoms with E-state index < -0.39 is 0 Å². The van der Waals surface area contributed by atoms with Crippen molar-refractivity contribution in [2.75, 3.05) is 0 Å². The molecule has 5 aromatic heterocycles. The first-order valence-electron chi connectivity index (χ1n) is 26.6. The van der Waals surface area contributed by atoms with Gasteiger partial charge < -0.3 is 18.3 Å². The van der Waals surface area contributed by atoms with Crippen LogP contribution in [0.4, 0.5) is 0 Å². The molecule has 0 atom stereocenters. The first-order chi connectivity index (χ1) is 39.6. The SMILES string of the molecule is N#Cc1cc(-c2nc(-c3ccccc3)nc(-c3ccc(-n4c5ccccc5c5ccc6c(c7ccccc7n6-c6ccccc6)c54)c(C#N)c3)n2)ccc1-n1c2ccccc2c2ccc3c(c4ccccc4n3-c3ccccc3)c21. The van der Waals surface area contributed by atoms with Gasteiger partial charge in [-0.05, 0) is 97.1 Å². The van der Waals surface area contributed by atoms with E-state index in [-0.39, 0.29) is 0 Å². The number of hydrogen-bond acceptors (Lipinski definition) is 5. The maximum Gasteiger partial charge on any atom is 0.164 e. The van der Waals surface area contributed by atoms with E-state index in [9.17, 15) is 10.5 Å². The molecule has 0 saturated carbocycles. The van der Waals surface area contributed by atoms with Crippen molar-refractivity contribution in [2.24, 2.45) is 0 Å². The number of para-hydroxylation sites is 6. The van der Waals surface area contributed by atoms with Gasteiger partial charge in [0, 0.05) is 71.2 Å². The van der Waals surface area contributed by atoms with Gasteiger partial charge in [0.05, 0.1) is 66.6 Å². The number of rotatable bonds is 7. The zero-order valence-corrected chi connectivity index (χ0v) is 42.7. The van der Waals surface area contributed by atoms with E-state index in [1.165, 1.54) is 0 Å². The van der Waals surface area contributed by atoms with Crippen molar-refractivity contribution in [1.82, 2.24) is 33.2 Å². The highest BCUT2D eigenvalue weighted by atomic mass is 15.1. The summed E-state index contributed by atoms with van der Waals surface area (Å²) in [5, 5.41) is 31.3. The molecule has 0 N–H and O–H groups in total. The van der Waals surface area contributed by atoms with Gasteiger partial charge in [0.1, 0.15) is 12.1 Å². The smallest absolute Gasteiger partial charge is 0.164 e. The van der Waals surface area contributed by atoms with Gasteiger partial charge >= 0.3 is 0 Å². The predicted molar refractivity (Wildman–Crippen MR) is 323 cm³/mol. The Labute approximate surface area is 457 Å². The van der Waals surface area contributed by atoms with Crippen molar-refractivity contribution in [1.29, 1.82) is 10.5 Å². The minimum Gasteiger partial charge on any atom is -0.309 e. The molecule has 80 heavy (non-hydrogen) atoms. The zero-order chi connectivity index (χ0) is 53.0. The Morgan fingerprint density at radius 1 is 0.275 bits per heavy atom. The largest absolute Gasteiger partial charge is 0.309 e. The molecule has 0 radical (unpaired) electrons. The third kappa shape index (κ3) is 6.59. The van der Waals surface area contributed by atoms with Crippen LogP contribution in [-0.2, 0) is 0 Å². The third-order valence-electron chi connectivity index (χ3n) is 15.9. The van der Waals surface area contributed by atoms with Gasteiger partial charge in [-0.1, -0.05) is 152 Å². The summed E-state index contributed by atoms with van der Waals surface area (Å²) in [5.41, 5.74) is 15.0. The fourth-order valence-corrected chi connectivity index (χ4v) is 12.5. The number of aromatic nitrogens is 7. The van der Waals surface area contributed by atoms with Crippen LogP contribution >= 0.6 is 0 Å². The van der Waals surface area contributed by atoms with Crippen LogP contribution < -0.4 is 0 Å². The Balaban J connectivity index is 0.879. The van der Waals surface area contributed by atoms with Crippen LogP contribution in [0.2, 0.25) is 0 Å². The molecule has 0 unspecified atom stereocenters. The molecular formula is C71H41N9. The van der Waals surface area contributed by atoms with Crippen LogP contribution in [0.15, 0.2) is 249 Å². The second kappa shape index (κ2) is 17.6. The van der Waals surface area contributed by atoms with Gasteiger partial charge in [-0.2, -0.15) is 10.5 Å². The quantitative estimate of drug-likeness (QED) is 0.158. The standard InChI is InChI=1S/C71H41N9/c72-42-47-40-45(32-36-57(47)79-59-28-14-10-24-51(59)53-34-38-63-65(67(53)79)55-26-12-16-30-61(55)77(63)49-20-6-2-7-21-49)70-74-69(44-18-4-1-5-19-44)75-71(76-70)46-33-37-58(48(41-46)43-73)80-60-29-15-11-25-52(60)54-35-39-64-66(68(54)80)56-27-13-17-31-62(56)78(64)50-22-8-3-9-23-50/h1-41H. The van der Waals surface area contributed by atoms with Crippen LogP contribution in [0.5, 0.6) is 0 Å². The summed E-state index contributed by atoms with van der Waals surface area (Å²) < 4.78 is 9.15. The molecule has 0 bridgehead atoms. The summed E-state index contributed by atoms with van der Waals surface area (Å²) in [6.45, 7) is 0. The molecule has 0 saturated heterocycles. The summed E-state index contributed by atoms with van der Waals surface area (Å²) in [6.07, 6.45) is 0. The van der Waals surface area contributed by atoms with Gasteiger partial charge in [0.15, 0.2) is 17.5 Å². The van der Waals surface area contributed by atoms with Crippen LogP contribution in [0, 0.1) is 22.7 Å². The average molecular weight is 1020 g/mol. The minimum absolute atomic E-state index is 0.398. The molecule has 0 fully saturated rings. The monoisotopic (exact) mass is 1020 g/mol. The maximum absolute atomic E-state index is 11.2. The highest BCUT2D eigenvalue weighted by Gasteiger charge is 2.25. The normalized spacial score (nSPS) is 11.7. The van der Waals surface area contributed by atoms with Gasteiger partial charge in [-0.25, -0.2) is 15.0 Å². The van der Waals surface area contributed by atoms with Crippen molar-refractivity contribution in [3.05, 3.63) is 260 Å². The fraction of sp³-hybridized carbons (Fsp3) is 0. The molecule has 9 nitrogen and oxygen atoms in total. The van der Waals surface area contributed by atoms with Crippen molar-refractivity contribution in [3.63, 3.8) is 0 Å². The van der Waals surface area contributed by atoms with Crippen LogP contribution in [-0.4, -0.2) is 33.2 Å². The van der Waals surface area contributed by atoms with Crippen LogP contribution in [0.25, 0.3) is 144 Å². The molecule has 16 rings (SSSR count). The molecule has 9 heteroatoms. The lowest BCUT2D eigenvalue weighted by atomic mass is 10.1. The van der Waals surface area contributed by atoms with Crippen molar-refractivity contribution in [3.8, 4) is 69.1 Å². The highest BCUT2D eigenvalue weighted by molar-refractivity contribution is 6.27. The molecule has 0 spiro atoms. The first kappa shape index (κ1) is 44.9. The Hall–Kier alpha value is -11.4. The van der Waals surface area contributed by atoms with Crippen LogP contribution in [0.3, 0.4) is 0 Å². The lowest BCUT2D eigenvalue weighted by Gasteiger charge is -2.14. The summed E-state index contributed by atoms with van der Waals surface area (Å²) in [7, 11) is 0. The molecule has 0 aliphatic carbocycles. The zero-order valence-electron chi connectivity index (χ0n) is 42.7. The molecule has 0 aliphatic rings. The molecule has 16 aromatic rings. The van der Waals surface area contributed by atoms with Crippen molar-refractivity contribution in [2.45, 2.75) is 0 Å². The van der Waals surface area contributed by atoms with E-state index in [1.807, 2.05) is 78.9 Å². The predicted octanol–water partition coefficient (Wildman–Crippen LogP) is 17.0. The Bertz CT molecular complexity index is 5010. The molecule has 11 aromatic carbocycles. The summed E-state index contributed by atoms with van der Waals surface area (Å²) in [6, 6.07) is 90.5. The minimum atomic E-state index is 0.398. The van der Waals surface area contributed by atoms with Crippen molar-refractivity contribution >= 4 is 87.2 Å².